The van der Waals surface area contributed by atoms with Crippen molar-refractivity contribution in [3.63, 3.8) is 0 Å². The number of thioether (sulfide) groups is 1. The Morgan fingerprint density at radius 1 is 1.29 bits per heavy atom. The van der Waals surface area contributed by atoms with E-state index in [1.54, 1.807) is 10.9 Å². The summed E-state index contributed by atoms with van der Waals surface area (Å²) in [6, 6.07) is 3.80. The molecular weight excluding hydrogens is 486 g/mol. The summed E-state index contributed by atoms with van der Waals surface area (Å²) in [5, 5.41) is 10.3. The molecule has 0 saturated carbocycles. The second-order valence-electron chi connectivity index (χ2n) is 8.48. The van der Waals surface area contributed by atoms with E-state index in [9.17, 15) is 4.79 Å². The minimum absolute atomic E-state index is 0.0631. The van der Waals surface area contributed by atoms with E-state index in [1.807, 2.05) is 58.2 Å². The van der Waals surface area contributed by atoms with Gasteiger partial charge >= 0.3 is 0 Å². The lowest BCUT2D eigenvalue weighted by atomic mass is 10.3. The number of ether oxygens (including phenoxy) is 2. The van der Waals surface area contributed by atoms with Crippen molar-refractivity contribution in [1.82, 2.24) is 29.2 Å². The molecule has 0 aliphatic carbocycles. The summed E-state index contributed by atoms with van der Waals surface area (Å²) in [5.41, 5.74) is 3.11. The van der Waals surface area contributed by atoms with E-state index >= 15 is 0 Å². The minimum atomic E-state index is -0.0631. The first-order chi connectivity index (χ1) is 17.1. The second-order valence-corrected chi connectivity index (χ2v) is 10.6. The molecule has 1 N–H and O–H groups in total. The molecular formula is C23H25N7O3S2. The van der Waals surface area contributed by atoms with Gasteiger partial charge in [-0.1, -0.05) is 0 Å². The van der Waals surface area contributed by atoms with Gasteiger partial charge in [-0.2, -0.15) is 21.8 Å². The average molecular weight is 512 g/mol. The molecule has 2 aliphatic heterocycles. The Morgan fingerprint density at radius 3 is 2.94 bits per heavy atom. The van der Waals surface area contributed by atoms with Gasteiger partial charge in [0, 0.05) is 55.8 Å². The molecule has 182 valence electrons. The van der Waals surface area contributed by atoms with E-state index in [0.29, 0.717) is 30.6 Å². The Morgan fingerprint density at radius 2 is 2.17 bits per heavy atom. The van der Waals surface area contributed by atoms with E-state index in [4.69, 9.17) is 19.4 Å². The first-order valence-corrected chi connectivity index (χ1v) is 13.5. The summed E-state index contributed by atoms with van der Waals surface area (Å²) >= 11 is 3.35. The van der Waals surface area contributed by atoms with Crippen LogP contribution in [0, 0.1) is 0 Å². The molecule has 12 heteroatoms. The van der Waals surface area contributed by atoms with Gasteiger partial charge in [-0.15, -0.1) is 11.3 Å². The number of carbonyl (C=O) groups is 1. The highest BCUT2D eigenvalue weighted by Gasteiger charge is 2.23. The number of anilines is 2. The van der Waals surface area contributed by atoms with Crippen LogP contribution in [-0.4, -0.2) is 79.0 Å². The molecule has 1 atom stereocenters. The Balaban J connectivity index is 1.30. The molecule has 35 heavy (non-hydrogen) atoms. The molecule has 1 amide bonds. The van der Waals surface area contributed by atoms with Gasteiger partial charge < -0.3 is 24.3 Å². The zero-order valence-electron chi connectivity index (χ0n) is 19.2. The van der Waals surface area contributed by atoms with E-state index in [-0.39, 0.29) is 12.0 Å². The van der Waals surface area contributed by atoms with Crippen molar-refractivity contribution >= 4 is 51.0 Å². The molecule has 4 aromatic rings. The largest absolute Gasteiger partial charge is 0.470 e. The van der Waals surface area contributed by atoms with Crippen LogP contribution in [0.1, 0.15) is 16.8 Å². The first-order valence-electron chi connectivity index (χ1n) is 11.5. The van der Waals surface area contributed by atoms with Gasteiger partial charge in [0.15, 0.2) is 0 Å². The summed E-state index contributed by atoms with van der Waals surface area (Å²) < 4.78 is 15.5. The summed E-state index contributed by atoms with van der Waals surface area (Å²) in [6.07, 6.45) is 6.41. The number of nitrogens with one attached hydrogen (secondary N) is 1. The number of hydrogen-bond acceptors (Lipinski definition) is 9. The summed E-state index contributed by atoms with van der Waals surface area (Å²) in [6.45, 7) is 2.80. The molecule has 6 heterocycles. The number of carbonyl (C=O) groups excluding carboxylic acids is 1. The number of aryl methyl sites for hydroxylation is 1. The SMILES string of the molecule is Cn1cc(-n2ccc3nc(Nc4cc(C(=O)N5CCSCC5)cs4)nc(O[C@H]4CCOC4)c32)cn1. The Bertz CT molecular complexity index is 1350. The molecule has 0 spiro atoms. The van der Waals surface area contributed by atoms with E-state index in [2.05, 4.69) is 10.4 Å². The van der Waals surface area contributed by atoms with Crippen LogP contribution in [0.2, 0.25) is 0 Å². The third kappa shape index (κ3) is 4.60. The van der Waals surface area contributed by atoms with Crippen LogP contribution in [0.3, 0.4) is 0 Å². The van der Waals surface area contributed by atoms with Gasteiger partial charge in [0.05, 0.1) is 41.2 Å². The minimum Gasteiger partial charge on any atom is -0.470 e. The number of aromatic nitrogens is 5. The number of amides is 1. The second kappa shape index (κ2) is 9.51. The Labute approximate surface area is 210 Å². The average Bonchev–Trinajstić information content (AvgIpc) is 3.67. The lowest BCUT2D eigenvalue weighted by molar-refractivity contribution is 0.0773. The van der Waals surface area contributed by atoms with Crippen LogP contribution < -0.4 is 10.1 Å². The zero-order chi connectivity index (χ0) is 23.8. The fourth-order valence-electron chi connectivity index (χ4n) is 4.24. The predicted molar refractivity (Wildman–Crippen MR) is 136 cm³/mol. The maximum atomic E-state index is 12.8. The normalized spacial score (nSPS) is 18.3. The fraction of sp³-hybridized carbons (Fsp3) is 0.391. The number of hydrogen-bond donors (Lipinski definition) is 1. The predicted octanol–water partition coefficient (Wildman–Crippen LogP) is 3.32. The Kier molecular flexibility index (Phi) is 6.08. The quantitative estimate of drug-likeness (QED) is 0.421. The van der Waals surface area contributed by atoms with Gasteiger partial charge in [0.25, 0.3) is 5.91 Å². The van der Waals surface area contributed by atoms with Gasteiger partial charge in [-0.3, -0.25) is 9.48 Å². The highest BCUT2D eigenvalue weighted by Crippen LogP contribution is 2.32. The lowest BCUT2D eigenvalue weighted by Gasteiger charge is -2.25. The van der Waals surface area contributed by atoms with Crippen molar-refractivity contribution in [2.75, 3.05) is 43.1 Å². The molecule has 4 aromatic heterocycles. The molecule has 10 nitrogen and oxygen atoms in total. The van der Waals surface area contributed by atoms with Gasteiger partial charge in [0.1, 0.15) is 11.6 Å². The zero-order valence-corrected chi connectivity index (χ0v) is 20.8. The molecule has 0 bridgehead atoms. The highest BCUT2D eigenvalue weighted by atomic mass is 32.2. The van der Waals surface area contributed by atoms with Crippen molar-refractivity contribution in [3.05, 3.63) is 41.7 Å². The van der Waals surface area contributed by atoms with Crippen LogP contribution in [-0.2, 0) is 11.8 Å². The first kappa shape index (κ1) is 22.4. The lowest BCUT2D eigenvalue weighted by Crippen LogP contribution is -2.37. The van der Waals surface area contributed by atoms with E-state index in [0.717, 1.165) is 52.7 Å². The number of thiophene rings is 1. The number of nitrogens with zero attached hydrogens (tertiary/aromatic N) is 6. The number of rotatable bonds is 6. The van der Waals surface area contributed by atoms with E-state index in [1.165, 1.54) is 11.3 Å². The van der Waals surface area contributed by atoms with Crippen molar-refractivity contribution in [1.29, 1.82) is 0 Å². The van der Waals surface area contributed by atoms with Crippen molar-refractivity contribution in [2.24, 2.45) is 7.05 Å². The summed E-state index contributed by atoms with van der Waals surface area (Å²) in [5.74, 6) is 2.96. The molecule has 2 fully saturated rings. The molecule has 6 rings (SSSR count). The highest BCUT2D eigenvalue weighted by molar-refractivity contribution is 7.99. The number of fused-ring (bicyclic) bond motifs is 1. The van der Waals surface area contributed by atoms with Gasteiger partial charge in [-0.05, 0) is 12.1 Å². The third-order valence-electron chi connectivity index (χ3n) is 6.02. The van der Waals surface area contributed by atoms with Crippen LogP contribution in [0.5, 0.6) is 5.88 Å². The summed E-state index contributed by atoms with van der Waals surface area (Å²) in [4.78, 5) is 24.2. The third-order valence-corrected chi connectivity index (χ3v) is 7.80. The van der Waals surface area contributed by atoms with Crippen LogP contribution in [0.25, 0.3) is 16.7 Å². The van der Waals surface area contributed by atoms with Crippen molar-refractivity contribution in [2.45, 2.75) is 12.5 Å². The van der Waals surface area contributed by atoms with Crippen LogP contribution in [0.15, 0.2) is 36.1 Å². The van der Waals surface area contributed by atoms with E-state index < -0.39 is 0 Å². The summed E-state index contributed by atoms with van der Waals surface area (Å²) in [7, 11) is 1.88. The van der Waals surface area contributed by atoms with Gasteiger partial charge in [-0.25, -0.2) is 4.98 Å². The molecule has 2 saturated heterocycles. The smallest absolute Gasteiger partial charge is 0.254 e. The van der Waals surface area contributed by atoms with Crippen molar-refractivity contribution in [3.8, 4) is 11.6 Å². The molecule has 0 radical (unpaired) electrons. The van der Waals surface area contributed by atoms with Crippen molar-refractivity contribution < 1.29 is 14.3 Å². The van der Waals surface area contributed by atoms with Crippen LogP contribution >= 0.6 is 23.1 Å². The molecule has 2 aliphatic rings. The molecule has 0 aromatic carbocycles. The fourth-order valence-corrected chi connectivity index (χ4v) is 5.91. The van der Waals surface area contributed by atoms with Gasteiger partial charge in [0.2, 0.25) is 11.8 Å². The monoisotopic (exact) mass is 511 g/mol. The maximum Gasteiger partial charge on any atom is 0.254 e. The van der Waals surface area contributed by atoms with Crippen LogP contribution in [0.4, 0.5) is 10.9 Å². The topological polar surface area (TPSA) is 99.3 Å². The maximum absolute atomic E-state index is 12.8. The molecule has 0 unspecified atom stereocenters. The Hall–Kier alpha value is -3.09. The standard InChI is InChI=1S/C23H25N7O3S2/c1-28-12-16(11-24-28)30-4-2-18-20(30)21(33-17-3-7-32-13-17)27-23(25-18)26-19-10-15(14-35-19)22(31)29-5-8-34-9-6-29/h2,4,10-12,14,17H,3,5-9,13H2,1H3,(H,25,26,27)/t17-/m0/s1.